The van der Waals surface area contributed by atoms with E-state index in [9.17, 15) is 4.79 Å². The Labute approximate surface area is 110 Å². The molecule has 1 aromatic carbocycles. The van der Waals surface area contributed by atoms with E-state index in [0.29, 0.717) is 6.54 Å². The van der Waals surface area contributed by atoms with E-state index in [0.717, 1.165) is 11.3 Å². The van der Waals surface area contributed by atoms with E-state index in [1.54, 1.807) is 30.5 Å². The molecule has 2 aromatic rings. The molecule has 0 bridgehead atoms. The molecule has 2 rings (SSSR count). The second-order valence-corrected chi connectivity index (χ2v) is 4.07. The number of benzene rings is 1. The third-order valence-corrected chi connectivity index (χ3v) is 2.77. The molecule has 19 heavy (non-hydrogen) atoms. The molecule has 1 aromatic heterocycles. The normalized spacial score (nSPS) is 11.7. The molecule has 0 radical (unpaired) electrons. The van der Waals surface area contributed by atoms with Crippen molar-refractivity contribution in [2.75, 3.05) is 0 Å². The molecule has 0 aliphatic rings. The zero-order valence-corrected chi connectivity index (χ0v) is 10.1. The topological polar surface area (TPSA) is 88.9 Å². The van der Waals surface area contributed by atoms with Crippen molar-refractivity contribution in [3.63, 3.8) is 0 Å². The Morgan fingerprint density at radius 1 is 1.37 bits per heavy atom. The van der Waals surface area contributed by atoms with E-state index >= 15 is 0 Å². The van der Waals surface area contributed by atoms with Crippen LogP contribution in [0.4, 0.5) is 0 Å². The van der Waals surface area contributed by atoms with Gasteiger partial charge in [-0.05, 0) is 29.8 Å². The van der Waals surface area contributed by atoms with Crippen molar-refractivity contribution in [3.8, 4) is 6.07 Å². The molecule has 5 nitrogen and oxygen atoms in total. The number of carbonyl (C=O) groups is 1. The van der Waals surface area contributed by atoms with Crippen molar-refractivity contribution in [2.24, 2.45) is 0 Å². The zero-order chi connectivity index (χ0) is 13.7. The lowest BCUT2D eigenvalue weighted by atomic mass is 10.1. The number of carboxylic acids is 1. The first-order valence-corrected chi connectivity index (χ1v) is 5.79. The molecule has 0 aliphatic heterocycles. The van der Waals surface area contributed by atoms with E-state index in [1.807, 2.05) is 12.1 Å². The zero-order valence-electron chi connectivity index (χ0n) is 10.1. The highest BCUT2D eigenvalue weighted by Crippen LogP contribution is 2.11. The van der Waals surface area contributed by atoms with Crippen LogP contribution in [-0.4, -0.2) is 16.1 Å². The molecule has 0 aliphatic carbocycles. The lowest BCUT2D eigenvalue weighted by Crippen LogP contribution is -2.19. The maximum atomic E-state index is 10.7. The van der Waals surface area contributed by atoms with Crippen LogP contribution in [0.2, 0.25) is 0 Å². The van der Waals surface area contributed by atoms with Crippen LogP contribution in [0, 0.1) is 11.3 Å². The minimum Gasteiger partial charge on any atom is -0.478 e. The minimum atomic E-state index is -0.944. The van der Waals surface area contributed by atoms with Crippen molar-refractivity contribution < 1.29 is 9.90 Å². The van der Waals surface area contributed by atoms with Crippen LogP contribution in [0.25, 0.3) is 0 Å². The first kappa shape index (κ1) is 12.9. The Balaban J connectivity index is 1.98. The van der Waals surface area contributed by atoms with Crippen LogP contribution in [0.15, 0.2) is 42.6 Å². The highest BCUT2D eigenvalue weighted by Gasteiger charge is 2.10. The Hall–Kier alpha value is -2.58. The highest BCUT2D eigenvalue weighted by atomic mass is 16.4. The molecule has 3 N–H and O–H groups in total. The third-order valence-electron chi connectivity index (χ3n) is 2.77. The van der Waals surface area contributed by atoms with Gasteiger partial charge in [0.05, 0.1) is 11.6 Å². The molecule has 0 saturated heterocycles. The lowest BCUT2D eigenvalue weighted by Gasteiger charge is -2.10. The number of aromatic amines is 1. The number of aromatic nitrogens is 1. The number of carboxylic acid groups (broad SMARTS) is 1. The fourth-order valence-electron chi connectivity index (χ4n) is 1.73. The van der Waals surface area contributed by atoms with E-state index < -0.39 is 12.0 Å². The molecule has 5 heteroatoms. The summed E-state index contributed by atoms with van der Waals surface area (Å²) in [5.41, 5.74) is 1.99. The number of H-pyrrole nitrogens is 1. The van der Waals surface area contributed by atoms with Crippen LogP contribution in [-0.2, 0) is 6.54 Å². The summed E-state index contributed by atoms with van der Waals surface area (Å²) in [4.78, 5) is 13.7. The SMILES string of the molecule is N#CC(NCc1ccc(C(=O)O)cc1)c1ccc[nH]1. The van der Waals surface area contributed by atoms with Crippen molar-refractivity contribution in [1.29, 1.82) is 5.26 Å². The van der Waals surface area contributed by atoms with E-state index in [2.05, 4.69) is 16.4 Å². The lowest BCUT2D eigenvalue weighted by molar-refractivity contribution is 0.0697. The highest BCUT2D eigenvalue weighted by molar-refractivity contribution is 5.87. The molecule has 0 amide bonds. The first-order valence-electron chi connectivity index (χ1n) is 5.79. The van der Waals surface area contributed by atoms with Crippen LogP contribution < -0.4 is 5.32 Å². The molecular weight excluding hydrogens is 242 g/mol. The molecule has 0 fully saturated rings. The second kappa shape index (κ2) is 5.85. The van der Waals surface area contributed by atoms with E-state index in [4.69, 9.17) is 10.4 Å². The molecule has 96 valence electrons. The Morgan fingerprint density at radius 2 is 2.11 bits per heavy atom. The number of aromatic carboxylic acids is 1. The third kappa shape index (κ3) is 3.21. The van der Waals surface area contributed by atoms with Gasteiger partial charge in [-0.15, -0.1) is 0 Å². The molecule has 1 unspecified atom stereocenters. The van der Waals surface area contributed by atoms with Gasteiger partial charge in [0.15, 0.2) is 0 Å². The molecule has 1 heterocycles. The van der Waals surface area contributed by atoms with Gasteiger partial charge in [-0.1, -0.05) is 12.1 Å². The summed E-state index contributed by atoms with van der Waals surface area (Å²) in [6.45, 7) is 0.497. The van der Waals surface area contributed by atoms with Gasteiger partial charge in [0.1, 0.15) is 6.04 Å². The largest absolute Gasteiger partial charge is 0.478 e. The van der Waals surface area contributed by atoms with E-state index in [-0.39, 0.29) is 5.56 Å². The van der Waals surface area contributed by atoms with Gasteiger partial charge in [-0.25, -0.2) is 4.79 Å². The maximum Gasteiger partial charge on any atom is 0.335 e. The smallest absolute Gasteiger partial charge is 0.335 e. The Kier molecular flexibility index (Phi) is 3.96. The van der Waals surface area contributed by atoms with Gasteiger partial charge in [-0.2, -0.15) is 5.26 Å². The van der Waals surface area contributed by atoms with Crippen LogP contribution in [0.5, 0.6) is 0 Å². The minimum absolute atomic E-state index is 0.255. The van der Waals surface area contributed by atoms with Crippen molar-refractivity contribution in [3.05, 3.63) is 59.4 Å². The van der Waals surface area contributed by atoms with Crippen LogP contribution >= 0.6 is 0 Å². The van der Waals surface area contributed by atoms with Gasteiger partial charge in [0, 0.05) is 18.4 Å². The average molecular weight is 255 g/mol. The van der Waals surface area contributed by atoms with Gasteiger partial charge in [0.25, 0.3) is 0 Å². The number of nitrogens with zero attached hydrogens (tertiary/aromatic N) is 1. The summed E-state index contributed by atoms with van der Waals surface area (Å²) in [7, 11) is 0. The van der Waals surface area contributed by atoms with E-state index in [1.165, 1.54) is 0 Å². The summed E-state index contributed by atoms with van der Waals surface area (Å²) >= 11 is 0. The number of nitrogens with one attached hydrogen (secondary N) is 2. The van der Waals surface area contributed by atoms with Gasteiger partial charge >= 0.3 is 5.97 Å². The van der Waals surface area contributed by atoms with Crippen molar-refractivity contribution >= 4 is 5.97 Å². The number of nitriles is 1. The number of rotatable bonds is 5. The maximum absolute atomic E-state index is 10.7. The number of hydrogen-bond donors (Lipinski definition) is 3. The van der Waals surface area contributed by atoms with Crippen LogP contribution in [0.1, 0.15) is 27.7 Å². The number of hydrogen-bond acceptors (Lipinski definition) is 3. The predicted octanol–water partition coefficient (Wildman–Crippen LogP) is 2.07. The molecule has 1 atom stereocenters. The van der Waals surface area contributed by atoms with Crippen molar-refractivity contribution in [2.45, 2.75) is 12.6 Å². The standard InChI is InChI=1S/C14H13N3O2/c15-8-13(12-2-1-7-16-12)17-9-10-3-5-11(6-4-10)14(18)19/h1-7,13,16-17H,9H2,(H,18,19). The van der Waals surface area contributed by atoms with Gasteiger partial charge in [0.2, 0.25) is 0 Å². The second-order valence-electron chi connectivity index (χ2n) is 4.07. The average Bonchev–Trinajstić information content (AvgIpc) is 2.94. The van der Waals surface area contributed by atoms with Crippen LogP contribution in [0.3, 0.4) is 0 Å². The summed E-state index contributed by atoms with van der Waals surface area (Å²) < 4.78 is 0. The van der Waals surface area contributed by atoms with Gasteiger partial charge < -0.3 is 10.1 Å². The van der Waals surface area contributed by atoms with Crippen molar-refractivity contribution in [1.82, 2.24) is 10.3 Å². The van der Waals surface area contributed by atoms with Gasteiger partial charge in [-0.3, -0.25) is 5.32 Å². The summed E-state index contributed by atoms with van der Waals surface area (Å²) in [6, 6.07) is 12.0. The first-order chi connectivity index (χ1) is 9.20. The summed E-state index contributed by atoms with van der Waals surface area (Å²) in [5, 5.41) is 21.0. The Bertz CT molecular complexity index is 582. The summed E-state index contributed by atoms with van der Waals surface area (Å²) in [5.74, 6) is -0.944. The molecule has 0 saturated carbocycles. The summed E-state index contributed by atoms with van der Waals surface area (Å²) in [6.07, 6.45) is 1.77. The Morgan fingerprint density at radius 3 is 2.63 bits per heavy atom. The predicted molar refractivity (Wildman–Crippen MR) is 69.4 cm³/mol. The molecular formula is C14H13N3O2. The quantitative estimate of drug-likeness (QED) is 0.763. The monoisotopic (exact) mass is 255 g/mol. The fourth-order valence-corrected chi connectivity index (χ4v) is 1.73. The fraction of sp³-hybridized carbons (Fsp3) is 0.143. The molecule has 0 spiro atoms.